The maximum atomic E-state index is 12.8. The molecule has 0 aliphatic heterocycles. The monoisotopic (exact) mass is 445 g/mol. The first-order chi connectivity index (χ1) is 16.1. The van der Waals surface area contributed by atoms with Gasteiger partial charge in [0.2, 0.25) is 0 Å². The van der Waals surface area contributed by atoms with Crippen LogP contribution in [0.2, 0.25) is 0 Å². The van der Waals surface area contributed by atoms with Crippen LogP contribution in [0.5, 0.6) is 5.75 Å². The molecule has 1 aromatic heterocycles. The van der Waals surface area contributed by atoms with Crippen LogP contribution in [0.4, 0.5) is 0 Å². The van der Waals surface area contributed by atoms with Gasteiger partial charge in [-0.2, -0.15) is 5.10 Å². The van der Waals surface area contributed by atoms with Gasteiger partial charge < -0.3 is 14.8 Å². The van der Waals surface area contributed by atoms with Crippen LogP contribution in [0.15, 0.2) is 54.6 Å². The van der Waals surface area contributed by atoms with Gasteiger partial charge in [0.05, 0.1) is 18.8 Å². The second-order valence-electron chi connectivity index (χ2n) is 8.61. The van der Waals surface area contributed by atoms with Crippen molar-refractivity contribution in [1.29, 1.82) is 0 Å². The van der Waals surface area contributed by atoms with Crippen molar-refractivity contribution >= 4 is 11.9 Å². The van der Waals surface area contributed by atoms with Gasteiger partial charge in [-0.1, -0.05) is 30.3 Å². The summed E-state index contributed by atoms with van der Waals surface area (Å²) in [6.45, 7) is -0.328. The zero-order chi connectivity index (χ0) is 22.8. The summed E-state index contributed by atoms with van der Waals surface area (Å²) >= 11 is 0. The molecular weight excluding hydrogens is 418 g/mol. The van der Waals surface area contributed by atoms with Gasteiger partial charge in [-0.15, -0.1) is 0 Å². The minimum atomic E-state index is -0.551. The highest BCUT2D eigenvalue weighted by molar-refractivity contribution is 5.91. The molecule has 1 saturated carbocycles. The molecule has 2 aliphatic rings. The molecule has 0 radical (unpaired) electrons. The quantitative estimate of drug-likeness (QED) is 0.534. The van der Waals surface area contributed by atoms with Crippen LogP contribution in [0.3, 0.4) is 0 Å². The average Bonchev–Trinajstić information content (AvgIpc) is 3.47. The SMILES string of the molecule is COc1ccc(C(NC(=O)COC(=O)c2nn(-c3ccccc3)c3c2CCC3)C2CC2)cc1. The molecule has 0 saturated heterocycles. The number of fused-ring (bicyclic) bond motifs is 1. The molecule has 7 nitrogen and oxygen atoms in total. The van der Waals surface area contributed by atoms with Gasteiger partial charge in [0.1, 0.15) is 5.75 Å². The van der Waals surface area contributed by atoms with Crippen molar-refractivity contribution in [3.63, 3.8) is 0 Å². The van der Waals surface area contributed by atoms with E-state index in [1.54, 1.807) is 7.11 Å². The molecule has 7 heteroatoms. The van der Waals surface area contributed by atoms with E-state index in [-0.39, 0.29) is 18.6 Å². The lowest BCUT2D eigenvalue weighted by Gasteiger charge is -2.19. The summed E-state index contributed by atoms with van der Waals surface area (Å²) in [4.78, 5) is 25.5. The third-order valence-corrected chi connectivity index (χ3v) is 6.34. The third kappa shape index (κ3) is 4.49. The summed E-state index contributed by atoms with van der Waals surface area (Å²) in [5.74, 6) is 0.319. The molecule has 5 rings (SSSR count). The first-order valence-corrected chi connectivity index (χ1v) is 11.4. The van der Waals surface area contributed by atoms with Crippen LogP contribution >= 0.6 is 0 Å². The zero-order valence-corrected chi connectivity index (χ0v) is 18.6. The summed E-state index contributed by atoms with van der Waals surface area (Å²) < 4.78 is 12.4. The molecule has 1 heterocycles. The van der Waals surface area contributed by atoms with Crippen molar-refractivity contribution in [2.24, 2.45) is 5.92 Å². The summed E-state index contributed by atoms with van der Waals surface area (Å²) in [6.07, 6.45) is 4.78. The van der Waals surface area contributed by atoms with Crippen LogP contribution in [0, 0.1) is 5.92 Å². The number of methoxy groups -OCH3 is 1. The number of esters is 1. The van der Waals surface area contributed by atoms with Gasteiger partial charge in [0.15, 0.2) is 12.3 Å². The molecule has 2 aliphatic carbocycles. The second-order valence-corrected chi connectivity index (χ2v) is 8.61. The molecule has 0 spiro atoms. The van der Waals surface area contributed by atoms with E-state index < -0.39 is 5.97 Å². The van der Waals surface area contributed by atoms with Gasteiger partial charge in [-0.25, -0.2) is 9.48 Å². The normalized spacial score (nSPS) is 15.5. The first kappa shape index (κ1) is 21.2. The molecule has 1 fully saturated rings. The van der Waals surface area contributed by atoms with Crippen LogP contribution < -0.4 is 10.1 Å². The van der Waals surface area contributed by atoms with E-state index in [4.69, 9.17) is 9.47 Å². The summed E-state index contributed by atoms with van der Waals surface area (Å²) in [7, 11) is 1.63. The third-order valence-electron chi connectivity index (χ3n) is 6.34. The molecule has 0 bridgehead atoms. The largest absolute Gasteiger partial charge is 0.497 e. The number of hydrogen-bond donors (Lipinski definition) is 1. The van der Waals surface area contributed by atoms with E-state index in [1.165, 1.54) is 0 Å². The fraction of sp³-hybridized carbons (Fsp3) is 0.346. The Balaban J connectivity index is 1.25. The van der Waals surface area contributed by atoms with Crippen LogP contribution in [0.1, 0.15) is 52.6 Å². The first-order valence-electron chi connectivity index (χ1n) is 11.4. The number of rotatable bonds is 8. The molecule has 2 aromatic carbocycles. The molecule has 1 unspecified atom stereocenters. The Bertz CT molecular complexity index is 1150. The van der Waals surface area contributed by atoms with Crippen molar-refractivity contribution in [1.82, 2.24) is 15.1 Å². The summed E-state index contributed by atoms with van der Waals surface area (Å²) in [5.41, 5.74) is 4.23. The van der Waals surface area contributed by atoms with E-state index in [1.807, 2.05) is 59.3 Å². The highest BCUT2D eigenvalue weighted by atomic mass is 16.5. The molecular formula is C26H27N3O4. The highest BCUT2D eigenvalue weighted by Gasteiger charge is 2.34. The number of amides is 1. The lowest BCUT2D eigenvalue weighted by atomic mass is 10.0. The second kappa shape index (κ2) is 9.10. The molecule has 3 aromatic rings. The van der Waals surface area contributed by atoms with Crippen molar-refractivity contribution in [2.45, 2.75) is 38.1 Å². The number of nitrogens with one attached hydrogen (secondary N) is 1. The minimum Gasteiger partial charge on any atom is -0.497 e. The van der Waals surface area contributed by atoms with Crippen molar-refractivity contribution in [3.05, 3.63) is 77.1 Å². The predicted molar refractivity (Wildman–Crippen MR) is 122 cm³/mol. The Labute approximate surface area is 192 Å². The van der Waals surface area contributed by atoms with E-state index in [2.05, 4.69) is 10.4 Å². The molecule has 170 valence electrons. The maximum Gasteiger partial charge on any atom is 0.359 e. The fourth-order valence-corrected chi connectivity index (χ4v) is 4.51. The fourth-order valence-electron chi connectivity index (χ4n) is 4.51. The van der Waals surface area contributed by atoms with Gasteiger partial charge in [-0.3, -0.25) is 4.79 Å². The minimum absolute atomic E-state index is 0.0938. The van der Waals surface area contributed by atoms with E-state index in [0.717, 1.165) is 60.4 Å². The number of ether oxygens (including phenoxy) is 2. The number of benzene rings is 2. The highest BCUT2D eigenvalue weighted by Crippen LogP contribution is 2.41. The number of nitrogens with zero attached hydrogens (tertiary/aromatic N) is 2. The lowest BCUT2D eigenvalue weighted by molar-refractivity contribution is -0.125. The average molecular weight is 446 g/mol. The standard InChI is InChI=1S/C26H27N3O4/c1-32-20-14-12-18(13-15-20)24(17-10-11-17)27-23(30)16-33-26(31)25-21-8-5-9-22(21)29(28-25)19-6-3-2-4-7-19/h2-4,6-7,12-15,17,24H,5,8-11,16H2,1H3,(H,27,30). The molecule has 1 N–H and O–H groups in total. The number of aromatic nitrogens is 2. The van der Waals surface area contributed by atoms with E-state index >= 15 is 0 Å². The maximum absolute atomic E-state index is 12.8. The molecule has 33 heavy (non-hydrogen) atoms. The van der Waals surface area contributed by atoms with Crippen LogP contribution in [-0.2, 0) is 22.4 Å². The van der Waals surface area contributed by atoms with E-state index in [9.17, 15) is 9.59 Å². The summed E-state index contributed by atoms with van der Waals surface area (Å²) in [5, 5.41) is 7.58. The number of carbonyl (C=O) groups is 2. The number of para-hydroxylation sites is 1. The van der Waals surface area contributed by atoms with Gasteiger partial charge in [0.25, 0.3) is 5.91 Å². The number of hydrogen-bond acceptors (Lipinski definition) is 5. The van der Waals surface area contributed by atoms with Gasteiger partial charge in [-0.05, 0) is 67.9 Å². The zero-order valence-electron chi connectivity index (χ0n) is 18.6. The van der Waals surface area contributed by atoms with Gasteiger partial charge in [0, 0.05) is 11.3 Å². The lowest BCUT2D eigenvalue weighted by Crippen LogP contribution is -2.33. The number of carbonyl (C=O) groups excluding carboxylic acids is 2. The van der Waals surface area contributed by atoms with Crippen LogP contribution in [-0.4, -0.2) is 35.4 Å². The predicted octanol–water partition coefficient (Wildman–Crippen LogP) is 3.79. The van der Waals surface area contributed by atoms with Crippen LogP contribution in [0.25, 0.3) is 5.69 Å². The molecule has 1 amide bonds. The topological polar surface area (TPSA) is 82.4 Å². The Morgan fingerprint density at radius 1 is 1.09 bits per heavy atom. The Hall–Kier alpha value is -3.61. The van der Waals surface area contributed by atoms with Gasteiger partial charge >= 0.3 is 5.97 Å². The molecule has 1 atom stereocenters. The Morgan fingerprint density at radius 3 is 2.55 bits per heavy atom. The van der Waals surface area contributed by atoms with Crippen molar-refractivity contribution in [2.75, 3.05) is 13.7 Å². The van der Waals surface area contributed by atoms with Crippen molar-refractivity contribution < 1.29 is 19.1 Å². The summed E-state index contributed by atoms with van der Waals surface area (Å²) in [6, 6.07) is 17.4. The van der Waals surface area contributed by atoms with Crippen molar-refractivity contribution in [3.8, 4) is 11.4 Å². The van der Waals surface area contributed by atoms with E-state index in [0.29, 0.717) is 11.6 Å². The Kier molecular flexibility index (Phi) is 5.86. The smallest absolute Gasteiger partial charge is 0.359 e. The Morgan fingerprint density at radius 2 is 1.85 bits per heavy atom.